The molecule has 6 nitrogen and oxygen atoms in total. The SMILES string of the molecule is Cc1nc(CC(C)C)c(C(=O)NC[C@@H](C)c2nncn2C)s1. The molecule has 0 aliphatic carbocycles. The fourth-order valence-electron chi connectivity index (χ4n) is 2.33. The number of aryl methyl sites for hydroxylation is 2. The molecule has 0 aromatic carbocycles. The summed E-state index contributed by atoms with van der Waals surface area (Å²) in [6.07, 6.45) is 2.49. The van der Waals surface area contributed by atoms with Crippen LogP contribution in [0, 0.1) is 12.8 Å². The van der Waals surface area contributed by atoms with Crippen molar-refractivity contribution in [2.75, 3.05) is 6.54 Å². The number of carbonyl (C=O) groups excluding carboxylic acids is 1. The topological polar surface area (TPSA) is 72.7 Å². The molecule has 2 heterocycles. The molecule has 0 saturated carbocycles. The van der Waals surface area contributed by atoms with Crippen molar-refractivity contribution < 1.29 is 4.79 Å². The number of thiazole rings is 1. The van der Waals surface area contributed by atoms with Crippen LogP contribution in [0.3, 0.4) is 0 Å². The summed E-state index contributed by atoms with van der Waals surface area (Å²) >= 11 is 1.46. The molecule has 0 aliphatic rings. The van der Waals surface area contributed by atoms with Crippen LogP contribution >= 0.6 is 11.3 Å². The molecule has 120 valence electrons. The molecule has 1 amide bonds. The summed E-state index contributed by atoms with van der Waals surface area (Å²) in [5.41, 5.74) is 0.904. The largest absolute Gasteiger partial charge is 0.351 e. The van der Waals surface area contributed by atoms with Crippen LogP contribution < -0.4 is 5.32 Å². The zero-order valence-electron chi connectivity index (χ0n) is 13.8. The zero-order chi connectivity index (χ0) is 16.3. The molecule has 22 heavy (non-hydrogen) atoms. The normalized spacial score (nSPS) is 12.6. The molecule has 2 aromatic heterocycles. The van der Waals surface area contributed by atoms with Gasteiger partial charge in [-0.15, -0.1) is 21.5 Å². The van der Waals surface area contributed by atoms with Crippen LogP contribution in [0.5, 0.6) is 0 Å². The Balaban J connectivity index is 2.02. The number of hydrogen-bond acceptors (Lipinski definition) is 5. The highest BCUT2D eigenvalue weighted by Gasteiger charge is 2.19. The first-order valence-corrected chi connectivity index (χ1v) is 8.28. The second-order valence-corrected chi connectivity index (χ2v) is 7.22. The predicted molar refractivity (Wildman–Crippen MR) is 87.1 cm³/mol. The number of nitrogens with one attached hydrogen (secondary N) is 1. The van der Waals surface area contributed by atoms with Crippen molar-refractivity contribution in [3.05, 3.63) is 27.7 Å². The maximum Gasteiger partial charge on any atom is 0.263 e. The van der Waals surface area contributed by atoms with Gasteiger partial charge >= 0.3 is 0 Å². The van der Waals surface area contributed by atoms with Gasteiger partial charge in [0, 0.05) is 19.5 Å². The van der Waals surface area contributed by atoms with Crippen LogP contribution in [0.25, 0.3) is 0 Å². The smallest absolute Gasteiger partial charge is 0.263 e. The van der Waals surface area contributed by atoms with Gasteiger partial charge in [0.1, 0.15) is 17.0 Å². The van der Waals surface area contributed by atoms with Crippen molar-refractivity contribution in [1.29, 1.82) is 0 Å². The van der Waals surface area contributed by atoms with Crippen molar-refractivity contribution in [2.45, 2.75) is 40.0 Å². The Hall–Kier alpha value is -1.76. The first-order chi connectivity index (χ1) is 10.4. The Bertz CT molecular complexity index is 646. The molecule has 0 fully saturated rings. The second-order valence-electron chi connectivity index (χ2n) is 6.02. The summed E-state index contributed by atoms with van der Waals surface area (Å²) in [5, 5.41) is 11.9. The van der Waals surface area contributed by atoms with Crippen LogP contribution in [-0.4, -0.2) is 32.2 Å². The highest BCUT2D eigenvalue weighted by Crippen LogP contribution is 2.21. The van der Waals surface area contributed by atoms with Gasteiger partial charge < -0.3 is 9.88 Å². The van der Waals surface area contributed by atoms with Crippen molar-refractivity contribution in [2.24, 2.45) is 13.0 Å². The van der Waals surface area contributed by atoms with E-state index in [1.165, 1.54) is 11.3 Å². The second kappa shape index (κ2) is 7.00. The summed E-state index contributed by atoms with van der Waals surface area (Å²) in [5.74, 6) is 1.41. The molecule has 0 aliphatic heterocycles. The van der Waals surface area contributed by atoms with Crippen LogP contribution in [0.4, 0.5) is 0 Å². The summed E-state index contributed by atoms with van der Waals surface area (Å²) in [7, 11) is 1.90. The molecule has 2 aromatic rings. The molecule has 7 heteroatoms. The highest BCUT2D eigenvalue weighted by molar-refractivity contribution is 7.13. The molecule has 1 atom stereocenters. The third kappa shape index (κ3) is 3.91. The van der Waals surface area contributed by atoms with E-state index in [0.717, 1.165) is 27.8 Å². The number of carbonyl (C=O) groups is 1. The van der Waals surface area contributed by atoms with Gasteiger partial charge in [0.15, 0.2) is 0 Å². The van der Waals surface area contributed by atoms with E-state index in [0.29, 0.717) is 12.5 Å². The summed E-state index contributed by atoms with van der Waals surface area (Å²) in [6.45, 7) is 8.76. The predicted octanol–water partition coefficient (Wildman–Crippen LogP) is 2.31. The first kappa shape index (κ1) is 16.6. The number of rotatable bonds is 6. The van der Waals surface area contributed by atoms with Gasteiger partial charge in [-0.25, -0.2) is 4.98 Å². The highest BCUT2D eigenvalue weighted by atomic mass is 32.1. The molecule has 1 N–H and O–H groups in total. The fourth-order valence-corrected chi connectivity index (χ4v) is 3.19. The van der Waals surface area contributed by atoms with E-state index >= 15 is 0 Å². The Kier molecular flexibility index (Phi) is 5.28. The van der Waals surface area contributed by atoms with Crippen molar-refractivity contribution in [3.63, 3.8) is 0 Å². The molecule has 0 radical (unpaired) electrons. The maximum absolute atomic E-state index is 12.4. The molecule has 0 unspecified atom stereocenters. The molecule has 2 rings (SSSR count). The van der Waals surface area contributed by atoms with E-state index in [9.17, 15) is 4.79 Å². The maximum atomic E-state index is 12.4. The van der Waals surface area contributed by atoms with Gasteiger partial charge in [-0.1, -0.05) is 20.8 Å². The quantitative estimate of drug-likeness (QED) is 0.886. The minimum atomic E-state index is -0.0460. The van der Waals surface area contributed by atoms with Crippen molar-refractivity contribution in [1.82, 2.24) is 25.1 Å². The third-order valence-corrected chi connectivity index (χ3v) is 4.38. The van der Waals surface area contributed by atoms with Crippen LogP contribution in [0.15, 0.2) is 6.33 Å². The van der Waals surface area contributed by atoms with Gasteiger partial charge in [0.25, 0.3) is 5.91 Å². The Morgan fingerprint density at radius 2 is 2.14 bits per heavy atom. The summed E-state index contributed by atoms with van der Waals surface area (Å²) in [4.78, 5) is 17.7. The summed E-state index contributed by atoms with van der Waals surface area (Å²) in [6, 6.07) is 0. The van der Waals surface area contributed by atoms with Gasteiger partial charge in [-0.3, -0.25) is 4.79 Å². The lowest BCUT2D eigenvalue weighted by Crippen LogP contribution is -2.28. The van der Waals surface area contributed by atoms with E-state index in [4.69, 9.17) is 0 Å². The average Bonchev–Trinajstić information content (AvgIpc) is 3.01. The molecular formula is C15H23N5OS. The molecule has 0 bridgehead atoms. The van der Waals surface area contributed by atoms with E-state index < -0.39 is 0 Å². The van der Waals surface area contributed by atoms with E-state index in [1.807, 2.05) is 25.5 Å². The number of aromatic nitrogens is 4. The standard InChI is InChI=1S/C15H23N5OS/c1-9(2)6-12-13(22-11(4)18-12)15(21)16-7-10(3)14-19-17-8-20(14)5/h8-10H,6-7H2,1-5H3,(H,16,21)/t10-/m1/s1. The van der Waals surface area contributed by atoms with Crippen LogP contribution in [-0.2, 0) is 13.5 Å². The van der Waals surface area contributed by atoms with E-state index in [-0.39, 0.29) is 11.8 Å². The minimum absolute atomic E-state index is 0.0460. The number of hydrogen-bond donors (Lipinski definition) is 1. The van der Waals surface area contributed by atoms with Crippen molar-refractivity contribution in [3.8, 4) is 0 Å². The van der Waals surface area contributed by atoms with Gasteiger partial charge in [0.2, 0.25) is 0 Å². The number of amides is 1. The monoisotopic (exact) mass is 321 g/mol. The number of nitrogens with zero attached hydrogens (tertiary/aromatic N) is 4. The average molecular weight is 321 g/mol. The van der Waals surface area contributed by atoms with E-state index in [1.54, 1.807) is 6.33 Å². The zero-order valence-corrected chi connectivity index (χ0v) is 14.6. The van der Waals surface area contributed by atoms with Crippen molar-refractivity contribution >= 4 is 17.2 Å². The van der Waals surface area contributed by atoms with Gasteiger partial charge in [-0.05, 0) is 19.3 Å². The van der Waals surface area contributed by atoms with Crippen LogP contribution in [0.1, 0.15) is 52.9 Å². The molecule has 0 saturated heterocycles. The van der Waals surface area contributed by atoms with Crippen LogP contribution in [0.2, 0.25) is 0 Å². The lowest BCUT2D eigenvalue weighted by Gasteiger charge is -2.12. The lowest BCUT2D eigenvalue weighted by atomic mass is 10.1. The fraction of sp³-hybridized carbons (Fsp3) is 0.600. The first-order valence-electron chi connectivity index (χ1n) is 7.46. The lowest BCUT2D eigenvalue weighted by molar-refractivity contribution is 0.0954. The molecule has 0 spiro atoms. The minimum Gasteiger partial charge on any atom is -0.351 e. The summed E-state index contributed by atoms with van der Waals surface area (Å²) < 4.78 is 1.87. The third-order valence-electron chi connectivity index (χ3n) is 3.37. The van der Waals surface area contributed by atoms with E-state index in [2.05, 4.69) is 34.3 Å². The molecular weight excluding hydrogens is 298 g/mol. The van der Waals surface area contributed by atoms with Gasteiger partial charge in [0.05, 0.1) is 10.7 Å². The Morgan fingerprint density at radius 3 is 2.73 bits per heavy atom. The Labute approximate surface area is 135 Å². The van der Waals surface area contributed by atoms with Gasteiger partial charge in [-0.2, -0.15) is 0 Å². The Morgan fingerprint density at radius 1 is 1.41 bits per heavy atom.